The third kappa shape index (κ3) is 10.4. The number of hydrogen-bond acceptors (Lipinski definition) is 3. The van der Waals surface area contributed by atoms with Crippen LogP contribution in [0.1, 0.15) is 45.4 Å². The Kier molecular flexibility index (Phi) is 12.9. The van der Waals surface area contributed by atoms with E-state index in [1.165, 1.54) is 32.1 Å². The fraction of sp³-hybridized carbons (Fsp3) is 1.00. The van der Waals surface area contributed by atoms with Gasteiger partial charge in [-0.1, -0.05) is 39.0 Å². The Morgan fingerprint density at radius 2 is 1.56 bits per heavy atom. The summed E-state index contributed by atoms with van der Waals surface area (Å²) in [7, 11) is 3.37. The monoisotopic (exact) mass is 232 g/mol. The predicted octanol–water partition coefficient (Wildman–Crippen LogP) is 3.02. The summed E-state index contributed by atoms with van der Waals surface area (Å²) in [5.74, 6) is 0. The number of ether oxygens (including phenoxy) is 3. The van der Waals surface area contributed by atoms with Crippen molar-refractivity contribution in [1.29, 1.82) is 0 Å². The molecule has 0 aliphatic rings. The van der Waals surface area contributed by atoms with Crippen molar-refractivity contribution in [2.45, 2.75) is 51.6 Å². The van der Waals surface area contributed by atoms with E-state index < -0.39 is 0 Å². The number of unbranched alkanes of at least 4 members (excludes halogenated alkanes) is 5. The molecule has 0 aromatic carbocycles. The molecule has 16 heavy (non-hydrogen) atoms. The van der Waals surface area contributed by atoms with Gasteiger partial charge in [0.05, 0.1) is 13.2 Å². The molecule has 0 spiro atoms. The first-order valence-corrected chi connectivity index (χ1v) is 6.44. The van der Waals surface area contributed by atoms with Crippen molar-refractivity contribution in [2.24, 2.45) is 0 Å². The quantitative estimate of drug-likeness (QED) is 0.484. The van der Waals surface area contributed by atoms with Gasteiger partial charge in [-0.2, -0.15) is 0 Å². The van der Waals surface area contributed by atoms with Gasteiger partial charge < -0.3 is 14.2 Å². The molecule has 3 heteroatoms. The Balaban J connectivity index is 3.12. The second-order valence-corrected chi connectivity index (χ2v) is 4.16. The maximum absolute atomic E-state index is 5.54. The van der Waals surface area contributed by atoms with Crippen LogP contribution >= 0.6 is 0 Å². The molecule has 1 atom stereocenters. The maximum atomic E-state index is 5.54. The topological polar surface area (TPSA) is 27.7 Å². The minimum Gasteiger partial charge on any atom is -0.382 e. The van der Waals surface area contributed by atoms with E-state index in [0.717, 1.165) is 13.0 Å². The molecule has 0 saturated heterocycles. The summed E-state index contributed by atoms with van der Waals surface area (Å²) in [4.78, 5) is 0. The van der Waals surface area contributed by atoms with Crippen LogP contribution in [0.15, 0.2) is 0 Å². The average Bonchev–Trinajstić information content (AvgIpc) is 2.31. The first-order chi connectivity index (χ1) is 7.85. The molecule has 0 aliphatic carbocycles. The molecule has 0 aliphatic heterocycles. The Labute approximate surface area is 100 Å². The summed E-state index contributed by atoms with van der Waals surface area (Å²) in [6.45, 7) is 4.33. The van der Waals surface area contributed by atoms with Crippen LogP contribution in [-0.2, 0) is 14.2 Å². The molecule has 0 N–H and O–H groups in total. The summed E-state index contributed by atoms with van der Waals surface area (Å²) in [6, 6.07) is 0. The summed E-state index contributed by atoms with van der Waals surface area (Å²) in [5, 5.41) is 0. The lowest BCUT2D eigenvalue weighted by atomic mass is 10.1. The van der Waals surface area contributed by atoms with E-state index in [0.29, 0.717) is 13.2 Å². The van der Waals surface area contributed by atoms with Crippen molar-refractivity contribution < 1.29 is 14.2 Å². The molecule has 0 saturated carbocycles. The van der Waals surface area contributed by atoms with E-state index in [-0.39, 0.29) is 6.10 Å². The zero-order valence-corrected chi connectivity index (χ0v) is 11.2. The SMILES string of the molecule is CCCCCCCCOCC(COC)OC. The fourth-order valence-electron chi connectivity index (χ4n) is 1.57. The van der Waals surface area contributed by atoms with Crippen LogP contribution in [0.4, 0.5) is 0 Å². The zero-order valence-electron chi connectivity index (χ0n) is 11.2. The van der Waals surface area contributed by atoms with E-state index in [9.17, 15) is 0 Å². The second kappa shape index (κ2) is 12.9. The molecule has 0 radical (unpaired) electrons. The van der Waals surface area contributed by atoms with Crippen molar-refractivity contribution in [3.63, 3.8) is 0 Å². The third-order valence-corrected chi connectivity index (χ3v) is 2.63. The van der Waals surface area contributed by atoms with Crippen molar-refractivity contribution in [1.82, 2.24) is 0 Å². The van der Waals surface area contributed by atoms with Gasteiger partial charge in [0.2, 0.25) is 0 Å². The predicted molar refractivity (Wildman–Crippen MR) is 66.9 cm³/mol. The molecule has 0 amide bonds. The first-order valence-electron chi connectivity index (χ1n) is 6.44. The zero-order chi connectivity index (χ0) is 12.1. The minimum absolute atomic E-state index is 0.0742. The molecular weight excluding hydrogens is 204 g/mol. The van der Waals surface area contributed by atoms with Crippen molar-refractivity contribution in [3.8, 4) is 0 Å². The molecular formula is C13H28O3. The molecule has 0 heterocycles. The van der Waals surface area contributed by atoms with Gasteiger partial charge in [0.1, 0.15) is 6.10 Å². The van der Waals surface area contributed by atoms with Crippen molar-refractivity contribution in [3.05, 3.63) is 0 Å². The van der Waals surface area contributed by atoms with Gasteiger partial charge in [0.25, 0.3) is 0 Å². The largest absolute Gasteiger partial charge is 0.382 e. The van der Waals surface area contributed by atoms with Crippen LogP contribution < -0.4 is 0 Å². The van der Waals surface area contributed by atoms with Crippen molar-refractivity contribution in [2.75, 3.05) is 34.0 Å². The van der Waals surface area contributed by atoms with Gasteiger partial charge in [0, 0.05) is 20.8 Å². The van der Waals surface area contributed by atoms with E-state index >= 15 is 0 Å². The number of hydrogen-bond donors (Lipinski definition) is 0. The average molecular weight is 232 g/mol. The summed E-state index contributed by atoms with van der Waals surface area (Å²) >= 11 is 0. The van der Waals surface area contributed by atoms with Gasteiger partial charge in [-0.05, 0) is 6.42 Å². The second-order valence-electron chi connectivity index (χ2n) is 4.16. The lowest BCUT2D eigenvalue weighted by Gasteiger charge is -2.14. The highest BCUT2D eigenvalue weighted by molar-refractivity contribution is 4.53. The molecule has 1 unspecified atom stereocenters. The Bertz CT molecular complexity index is 128. The van der Waals surface area contributed by atoms with Gasteiger partial charge in [-0.25, -0.2) is 0 Å². The van der Waals surface area contributed by atoms with E-state index in [1.807, 2.05) is 0 Å². The molecule has 0 aromatic heterocycles. The van der Waals surface area contributed by atoms with Crippen LogP contribution in [0.25, 0.3) is 0 Å². The number of rotatable bonds is 12. The van der Waals surface area contributed by atoms with Gasteiger partial charge >= 0.3 is 0 Å². The maximum Gasteiger partial charge on any atom is 0.104 e. The molecule has 0 bridgehead atoms. The van der Waals surface area contributed by atoms with Crippen LogP contribution in [0.2, 0.25) is 0 Å². The highest BCUT2D eigenvalue weighted by Gasteiger charge is 2.05. The lowest BCUT2D eigenvalue weighted by Crippen LogP contribution is -2.23. The Morgan fingerprint density at radius 1 is 0.875 bits per heavy atom. The normalized spacial score (nSPS) is 12.9. The fourth-order valence-corrected chi connectivity index (χ4v) is 1.57. The molecule has 98 valence electrons. The summed E-state index contributed by atoms with van der Waals surface area (Å²) < 4.78 is 15.8. The number of methoxy groups -OCH3 is 2. The van der Waals surface area contributed by atoms with Crippen LogP contribution in [-0.4, -0.2) is 40.1 Å². The Morgan fingerprint density at radius 3 is 2.19 bits per heavy atom. The van der Waals surface area contributed by atoms with Gasteiger partial charge in [-0.3, -0.25) is 0 Å². The smallest absolute Gasteiger partial charge is 0.104 e. The van der Waals surface area contributed by atoms with Crippen LogP contribution in [0.3, 0.4) is 0 Å². The van der Waals surface area contributed by atoms with Crippen molar-refractivity contribution >= 4 is 0 Å². The molecule has 3 nitrogen and oxygen atoms in total. The van der Waals surface area contributed by atoms with Crippen LogP contribution in [0, 0.1) is 0 Å². The highest BCUT2D eigenvalue weighted by Crippen LogP contribution is 2.05. The van der Waals surface area contributed by atoms with Gasteiger partial charge in [-0.15, -0.1) is 0 Å². The molecule has 0 rings (SSSR count). The van der Waals surface area contributed by atoms with Crippen LogP contribution in [0.5, 0.6) is 0 Å². The minimum atomic E-state index is 0.0742. The lowest BCUT2D eigenvalue weighted by molar-refractivity contribution is -0.0308. The summed E-state index contributed by atoms with van der Waals surface area (Å²) in [5.41, 5.74) is 0. The summed E-state index contributed by atoms with van der Waals surface area (Å²) in [6.07, 6.45) is 7.88. The van der Waals surface area contributed by atoms with E-state index in [1.54, 1.807) is 14.2 Å². The van der Waals surface area contributed by atoms with Gasteiger partial charge in [0.15, 0.2) is 0 Å². The molecule has 0 aromatic rings. The standard InChI is InChI=1S/C13H28O3/c1-4-5-6-7-8-9-10-16-12-13(15-3)11-14-2/h13H,4-12H2,1-3H3. The van der Waals surface area contributed by atoms with E-state index in [2.05, 4.69) is 6.92 Å². The highest BCUT2D eigenvalue weighted by atomic mass is 16.5. The van der Waals surface area contributed by atoms with E-state index in [4.69, 9.17) is 14.2 Å². The third-order valence-electron chi connectivity index (χ3n) is 2.63. The first kappa shape index (κ1) is 15.9. The Hall–Kier alpha value is -0.120. The molecule has 0 fully saturated rings.